The summed E-state index contributed by atoms with van der Waals surface area (Å²) in [5, 5.41) is 0. The number of aryl methyl sites for hydroxylation is 2. The molecule has 1 saturated heterocycles. The van der Waals surface area contributed by atoms with E-state index in [2.05, 4.69) is 36.1 Å². The van der Waals surface area contributed by atoms with Gasteiger partial charge in [0.2, 0.25) is 5.91 Å². The van der Waals surface area contributed by atoms with E-state index in [0.29, 0.717) is 12.4 Å². The Bertz CT molecular complexity index is 869. The minimum Gasteiger partial charge on any atom is -0.354 e. The third-order valence-electron chi connectivity index (χ3n) is 5.74. The highest BCUT2D eigenvalue weighted by Crippen LogP contribution is 2.27. The van der Waals surface area contributed by atoms with Crippen molar-refractivity contribution in [1.82, 2.24) is 14.9 Å². The molecule has 6 heteroatoms. The van der Waals surface area contributed by atoms with E-state index in [-0.39, 0.29) is 5.91 Å². The SMILES string of the molecule is CCc1nc(C)nc(N2CCCN(C(=O)C(C)(C)CCl)CC2)c1Cc1ccccc1. The van der Waals surface area contributed by atoms with Crippen LogP contribution in [0.15, 0.2) is 30.3 Å². The van der Waals surface area contributed by atoms with Gasteiger partial charge in [-0.1, -0.05) is 37.3 Å². The first kappa shape index (κ1) is 22.5. The minimum atomic E-state index is -0.532. The highest BCUT2D eigenvalue weighted by atomic mass is 35.5. The van der Waals surface area contributed by atoms with Crippen LogP contribution in [0.1, 0.15) is 49.8 Å². The van der Waals surface area contributed by atoms with Crippen LogP contribution in [0.2, 0.25) is 0 Å². The van der Waals surface area contributed by atoms with Crippen molar-refractivity contribution in [3.63, 3.8) is 0 Å². The van der Waals surface area contributed by atoms with Gasteiger partial charge in [-0.25, -0.2) is 9.97 Å². The second kappa shape index (κ2) is 9.78. The molecule has 1 fully saturated rings. The Kier molecular flexibility index (Phi) is 7.35. The Morgan fingerprint density at radius 3 is 2.50 bits per heavy atom. The van der Waals surface area contributed by atoms with E-state index in [1.807, 2.05) is 31.7 Å². The van der Waals surface area contributed by atoms with Crippen LogP contribution in [-0.2, 0) is 17.6 Å². The molecule has 0 N–H and O–H groups in total. The van der Waals surface area contributed by atoms with Gasteiger partial charge in [0.15, 0.2) is 0 Å². The predicted octanol–water partition coefficient (Wildman–Crippen LogP) is 4.24. The van der Waals surface area contributed by atoms with Crippen LogP contribution in [0.4, 0.5) is 5.82 Å². The Morgan fingerprint density at radius 2 is 1.83 bits per heavy atom. The van der Waals surface area contributed by atoms with Gasteiger partial charge in [-0.15, -0.1) is 11.6 Å². The molecule has 1 aliphatic heterocycles. The van der Waals surface area contributed by atoms with E-state index in [1.165, 1.54) is 11.1 Å². The molecule has 30 heavy (non-hydrogen) atoms. The van der Waals surface area contributed by atoms with Crippen molar-refractivity contribution < 1.29 is 4.79 Å². The number of hydrogen-bond donors (Lipinski definition) is 0. The largest absolute Gasteiger partial charge is 0.354 e. The Hall–Kier alpha value is -2.14. The zero-order valence-electron chi connectivity index (χ0n) is 18.6. The van der Waals surface area contributed by atoms with Crippen molar-refractivity contribution in [1.29, 1.82) is 0 Å². The summed E-state index contributed by atoms with van der Waals surface area (Å²) in [5.41, 5.74) is 3.05. The zero-order valence-corrected chi connectivity index (χ0v) is 19.4. The fourth-order valence-corrected chi connectivity index (χ4v) is 4.10. The van der Waals surface area contributed by atoms with Crippen LogP contribution in [0.3, 0.4) is 0 Å². The molecule has 0 atom stereocenters. The van der Waals surface area contributed by atoms with Crippen LogP contribution >= 0.6 is 11.6 Å². The van der Waals surface area contributed by atoms with Gasteiger partial charge in [0.25, 0.3) is 0 Å². The molecule has 5 nitrogen and oxygen atoms in total. The maximum Gasteiger partial charge on any atom is 0.229 e. The number of amides is 1. The summed E-state index contributed by atoms with van der Waals surface area (Å²) in [7, 11) is 0. The fourth-order valence-electron chi connectivity index (χ4n) is 3.99. The molecule has 0 radical (unpaired) electrons. The van der Waals surface area contributed by atoms with Crippen LogP contribution in [0.25, 0.3) is 0 Å². The summed E-state index contributed by atoms with van der Waals surface area (Å²) in [6.45, 7) is 11.1. The number of carbonyl (C=O) groups excluding carboxylic acids is 1. The number of alkyl halides is 1. The third kappa shape index (κ3) is 5.12. The lowest BCUT2D eigenvalue weighted by Gasteiger charge is -2.30. The number of anilines is 1. The molecular formula is C24H33ClN4O. The van der Waals surface area contributed by atoms with Gasteiger partial charge >= 0.3 is 0 Å². The molecule has 0 bridgehead atoms. The summed E-state index contributed by atoms with van der Waals surface area (Å²) >= 11 is 6.05. The maximum atomic E-state index is 12.9. The number of aromatic nitrogens is 2. The molecule has 2 heterocycles. The van der Waals surface area contributed by atoms with Gasteiger partial charge < -0.3 is 9.80 Å². The highest BCUT2D eigenvalue weighted by Gasteiger charge is 2.32. The van der Waals surface area contributed by atoms with E-state index < -0.39 is 5.41 Å². The summed E-state index contributed by atoms with van der Waals surface area (Å²) in [4.78, 5) is 26.8. The number of halogens is 1. The fraction of sp³-hybridized carbons (Fsp3) is 0.542. The van der Waals surface area contributed by atoms with Gasteiger partial charge in [-0.3, -0.25) is 4.79 Å². The van der Waals surface area contributed by atoms with E-state index in [0.717, 1.165) is 56.2 Å². The molecule has 2 aromatic rings. The van der Waals surface area contributed by atoms with Gasteiger partial charge in [-0.2, -0.15) is 0 Å². The smallest absolute Gasteiger partial charge is 0.229 e. The number of hydrogen-bond acceptors (Lipinski definition) is 4. The molecule has 1 aromatic heterocycles. The molecule has 162 valence electrons. The Balaban J connectivity index is 1.88. The molecule has 1 aromatic carbocycles. The first-order chi connectivity index (χ1) is 14.4. The first-order valence-corrected chi connectivity index (χ1v) is 11.4. The lowest BCUT2D eigenvalue weighted by Crippen LogP contribution is -2.43. The van der Waals surface area contributed by atoms with Crippen LogP contribution in [0, 0.1) is 12.3 Å². The lowest BCUT2D eigenvalue weighted by atomic mass is 9.94. The molecule has 0 saturated carbocycles. The average Bonchev–Trinajstić information content (AvgIpc) is 3.01. The summed E-state index contributed by atoms with van der Waals surface area (Å²) in [5.74, 6) is 2.29. The number of rotatable bonds is 6. The Morgan fingerprint density at radius 1 is 1.10 bits per heavy atom. The van der Waals surface area contributed by atoms with Crippen molar-refractivity contribution in [2.45, 2.75) is 47.0 Å². The van der Waals surface area contributed by atoms with Gasteiger partial charge in [0.05, 0.1) is 5.41 Å². The molecule has 0 unspecified atom stereocenters. The molecule has 1 amide bonds. The maximum absolute atomic E-state index is 12.9. The predicted molar refractivity (Wildman–Crippen MR) is 123 cm³/mol. The quantitative estimate of drug-likeness (QED) is 0.645. The van der Waals surface area contributed by atoms with Crippen molar-refractivity contribution in [3.05, 3.63) is 53.0 Å². The summed E-state index contributed by atoms with van der Waals surface area (Å²) < 4.78 is 0. The van der Waals surface area contributed by atoms with Crippen molar-refractivity contribution in [2.24, 2.45) is 5.41 Å². The average molecular weight is 429 g/mol. The minimum absolute atomic E-state index is 0.136. The molecule has 0 aliphatic carbocycles. The van der Waals surface area contributed by atoms with Crippen molar-refractivity contribution in [3.8, 4) is 0 Å². The normalized spacial score (nSPS) is 15.2. The second-order valence-corrected chi connectivity index (χ2v) is 8.95. The zero-order chi connectivity index (χ0) is 21.7. The van der Waals surface area contributed by atoms with Crippen molar-refractivity contribution in [2.75, 3.05) is 37.0 Å². The highest BCUT2D eigenvalue weighted by molar-refractivity contribution is 6.19. The van der Waals surface area contributed by atoms with Gasteiger partial charge in [-0.05, 0) is 39.2 Å². The van der Waals surface area contributed by atoms with E-state index in [1.54, 1.807) is 0 Å². The van der Waals surface area contributed by atoms with Crippen LogP contribution in [0.5, 0.6) is 0 Å². The Labute approximate surface area is 185 Å². The van der Waals surface area contributed by atoms with E-state index >= 15 is 0 Å². The summed E-state index contributed by atoms with van der Waals surface area (Å²) in [6.07, 6.45) is 2.61. The molecule has 1 aliphatic rings. The van der Waals surface area contributed by atoms with Gasteiger partial charge in [0, 0.05) is 49.7 Å². The van der Waals surface area contributed by atoms with E-state index in [4.69, 9.17) is 21.6 Å². The van der Waals surface area contributed by atoms with Gasteiger partial charge in [0.1, 0.15) is 11.6 Å². The number of nitrogens with zero attached hydrogens (tertiary/aromatic N) is 4. The molecule has 0 spiro atoms. The second-order valence-electron chi connectivity index (χ2n) is 8.69. The number of carbonyl (C=O) groups is 1. The molecular weight excluding hydrogens is 396 g/mol. The third-order valence-corrected chi connectivity index (χ3v) is 6.41. The topological polar surface area (TPSA) is 49.3 Å². The lowest BCUT2D eigenvalue weighted by molar-refractivity contribution is -0.139. The van der Waals surface area contributed by atoms with Crippen molar-refractivity contribution >= 4 is 23.3 Å². The summed E-state index contributed by atoms with van der Waals surface area (Å²) in [6, 6.07) is 10.5. The number of benzene rings is 1. The molecule has 3 rings (SSSR count). The first-order valence-electron chi connectivity index (χ1n) is 10.9. The standard InChI is InChI=1S/C24H33ClN4O/c1-5-21-20(16-19-10-7-6-8-11-19)22(27-18(2)26-21)28-12-9-13-29(15-14-28)23(30)24(3,4)17-25/h6-8,10-11H,5,9,12-17H2,1-4H3. The van der Waals surface area contributed by atoms with E-state index in [9.17, 15) is 4.79 Å². The van der Waals surface area contributed by atoms with Crippen LogP contribution in [-0.4, -0.2) is 52.8 Å². The van der Waals surface area contributed by atoms with Crippen LogP contribution < -0.4 is 4.90 Å². The monoisotopic (exact) mass is 428 g/mol.